The van der Waals surface area contributed by atoms with Crippen molar-refractivity contribution in [2.75, 3.05) is 0 Å². The Kier molecular flexibility index (Phi) is 3.92. The third-order valence-corrected chi connectivity index (χ3v) is 2.18. The van der Waals surface area contributed by atoms with Crippen LogP contribution in [-0.2, 0) is 19.1 Å². The van der Waals surface area contributed by atoms with Gasteiger partial charge < -0.3 is 9.47 Å². The van der Waals surface area contributed by atoms with Crippen LogP contribution < -0.4 is 0 Å². The smallest absolute Gasteiger partial charge is 0.306 e. The van der Waals surface area contributed by atoms with Crippen LogP contribution >= 0.6 is 0 Å². The Labute approximate surface area is 83.6 Å². The molecule has 4 nitrogen and oxygen atoms in total. The molecule has 2 aliphatic rings. The molecule has 0 N–H and O–H groups in total. The van der Waals surface area contributed by atoms with Crippen LogP contribution in [0.1, 0.15) is 39.5 Å². The fourth-order valence-corrected chi connectivity index (χ4v) is 1.33. The molecule has 0 aromatic heterocycles. The summed E-state index contributed by atoms with van der Waals surface area (Å²) in [6.45, 7) is 3.82. The number of esters is 2. The van der Waals surface area contributed by atoms with Crippen molar-refractivity contribution in [3.8, 4) is 0 Å². The number of ether oxygens (including phenoxy) is 2. The Bertz CT molecular complexity index is 200. The van der Waals surface area contributed by atoms with Crippen molar-refractivity contribution in [3.63, 3.8) is 0 Å². The molecule has 0 aromatic rings. The van der Waals surface area contributed by atoms with Gasteiger partial charge in [0.05, 0.1) is 12.2 Å². The average molecular weight is 200 g/mol. The van der Waals surface area contributed by atoms with Crippen LogP contribution in [0.2, 0.25) is 0 Å². The van der Waals surface area contributed by atoms with E-state index >= 15 is 0 Å². The highest BCUT2D eigenvalue weighted by molar-refractivity contribution is 5.71. The largest absolute Gasteiger partial charge is 0.463 e. The molecule has 0 spiro atoms. The Balaban J connectivity index is 0.000000140. The molecular weight excluding hydrogens is 184 g/mol. The van der Waals surface area contributed by atoms with Gasteiger partial charge in [-0.25, -0.2) is 0 Å². The molecule has 4 heteroatoms. The lowest BCUT2D eigenvalue weighted by molar-refractivity contribution is -0.141. The molecule has 80 valence electrons. The second-order valence-electron chi connectivity index (χ2n) is 3.68. The minimum Gasteiger partial charge on any atom is -0.463 e. The molecule has 0 saturated carbocycles. The van der Waals surface area contributed by atoms with E-state index in [2.05, 4.69) is 0 Å². The van der Waals surface area contributed by atoms with Crippen LogP contribution in [0.4, 0.5) is 0 Å². The highest BCUT2D eigenvalue weighted by Crippen LogP contribution is 2.11. The standard InChI is InChI=1S/2C5H8O2/c2*1-4-2-3-5(6)7-4/h2*4H,2-3H2,1H3/t2*4-/m11/s1. The summed E-state index contributed by atoms with van der Waals surface area (Å²) in [6, 6.07) is 0. The van der Waals surface area contributed by atoms with Crippen molar-refractivity contribution >= 4 is 11.9 Å². The first-order valence-electron chi connectivity index (χ1n) is 4.97. The summed E-state index contributed by atoms with van der Waals surface area (Å²) >= 11 is 0. The SMILES string of the molecule is C[C@@H]1CCC(=O)O1.C[C@@H]1CCC(=O)O1. The number of hydrogen-bond donors (Lipinski definition) is 0. The molecule has 2 saturated heterocycles. The second kappa shape index (κ2) is 4.98. The molecule has 14 heavy (non-hydrogen) atoms. The van der Waals surface area contributed by atoms with Crippen LogP contribution in [-0.4, -0.2) is 24.1 Å². The number of cyclic esters (lactones) is 2. The van der Waals surface area contributed by atoms with E-state index < -0.39 is 0 Å². The molecule has 0 amide bonds. The number of hydrogen-bond acceptors (Lipinski definition) is 4. The summed E-state index contributed by atoms with van der Waals surface area (Å²) < 4.78 is 9.44. The van der Waals surface area contributed by atoms with Crippen molar-refractivity contribution in [2.45, 2.75) is 51.7 Å². The zero-order valence-electron chi connectivity index (χ0n) is 8.62. The first kappa shape index (κ1) is 11.0. The summed E-state index contributed by atoms with van der Waals surface area (Å²) in [6.07, 6.45) is 3.38. The maximum atomic E-state index is 10.2. The van der Waals surface area contributed by atoms with Crippen LogP contribution in [0.15, 0.2) is 0 Å². The topological polar surface area (TPSA) is 52.6 Å². The lowest BCUT2D eigenvalue weighted by Gasteiger charge is -1.95. The van der Waals surface area contributed by atoms with Gasteiger partial charge in [0.2, 0.25) is 0 Å². The van der Waals surface area contributed by atoms with Crippen LogP contribution in [0.25, 0.3) is 0 Å². The van der Waals surface area contributed by atoms with E-state index in [9.17, 15) is 9.59 Å². The lowest BCUT2D eigenvalue weighted by Crippen LogP contribution is -1.98. The lowest BCUT2D eigenvalue weighted by atomic mass is 10.3. The summed E-state index contributed by atoms with van der Waals surface area (Å²) in [7, 11) is 0. The monoisotopic (exact) mass is 200 g/mol. The van der Waals surface area contributed by atoms with E-state index in [-0.39, 0.29) is 24.1 Å². The minimum atomic E-state index is -0.0486. The highest BCUT2D eigenvalue weighted by Gasteiger charge is 2.18. The Morgan fingerprint density at radius 3 is 1.36 bits per heavy atom. The van der Waals surface area contributed by atoms with E-state index in [1.165, 1.54) is 0 Å². The van der Waals surface area contributed by atoms with E-state index in [4.69, 9.17) is 9.47 Å². The van der Waals surface area contributed by atoms with Gasteiger partial charge in [-0.1, -0.05) is 0 Å². The van der Waals surface area contributed by atoms with Crippen molar-refractivity contribution in [1.29, 1.82) is 0 Å². The normalized spacial score (nSPS) is 30.4. The van der Waals surface area contributed by atoms with Crippen LogP contribution in [0, 0.1) is 0 Å². The summed E-state index contributed by atoms with van der Waals surface area (Å²) in [5, 5.41) is 0. The Morgan fingerprint density at radius 2 is 1.29 bits per heavy atom. The van der Waals surface area contributed by atoms with E-state index in [0.717, 1.165) is 12.8 Å². The van der Waals surface area contributed by atoms with Crippen molar-refractivity contribution in [3.05, 3.63) is 0 Å². The third kappa shape index (κ3) is 3.77. The molecule has 0 radical (unpaired) electrons. The molecule has 2 atom stereocenters. The third-order valence-electron chi connectivity index (χ3n) is 2.18. The van der Waals surface area contributed by atoms with Gasteiger partial charge in [-0.15, -0.1) is 0 Å². The number of rotatable bonds is 0. The molecule has 0 unspecified atom stereocenters. The Hall–Kier alpha value is -1.06. The highest BCUT2D eigenvalue weighted by atomic mass is 16.6. The first-order valence-corrected chi connectivity index (χ1v) is 4.97. The minimum absolute atomic E-state index is 0.0486. The first-order chi connectivity index (χ1) is 6.58. The summed E-state index contributed by atoms with van der Waals surface area (Å²) in [5.74, 6) is -0.0972. The molecule has 2 fully saturated rings. The van der Waals surface area contributed by atoms with Gasteiger partial charge in [-0.3, -0.25) is 9.59 Å². The molecule has 2 aliphatic heterocycles. The van der Waals surface area contributed by atoms with Crippen LogP contribution in [0.5, 0.6) is 0 Å². The van der Waals surface area contributed by atoms with Crippen molar-refractivity contribution in [2.24, 2.45) is 0 Å². The summed E-state index contributed by atoms with van der Waals surface area (Å²) in [5.41, 5.74) is 0. The number of carbonyl (C=O) groups excluding carboxylic acids is 2. The van der Waals surface area contributed by atoms with Gasteiger partial charge in [0.25, 0.3) is 0 Å². The van der Waals surface area contributed by atoms with Crippen molar-refractivity contribution < 1.29 is 19.1 Å². The van der Waals surface area contributed by atoms with Crippen molar-refractivity contribution in [1.82, 2.24) is 0 Å². The summed E-state index contributed by atoms with van der Waals surface area (Å²) in [4.78, 5) is 20.5. The van der Waals surface area contributed by atoms with Gasteiger partial charge in [0.1, 0.15) is 0 Å². The average Bonchev–Trinajstić information content (AvgIpc) is 2.63. The number of carbonyl (C=O) groups is 2. The van der Waals surface area contributed by atoms with Gasteiger partial charge in [-0.05, 0) is 26.7 Å². The molecule has 2 rings (SSSR count). The van der Waals surface area contributed by atoms with Gasteiger partial charge in [0.15, 0.2) is 0 Å². The quantitative estimate of drug-likeness (QED) is 0.555. The zero-order chi connectivity index (χ0) is 10.6. The maximum Gasteiger partial charge on any atom is 0.306 e. The predicted molar refractivity (Wildman–Crippen MR) is 49.6 cm³/mol. The molecule has 0 aliphatic carbocycles. The van der Waals surface area contributed by atoms with Gasteiger partial charge >= 0.3 is 11.9 Å². The van der Waals surface area contributed by atoms with Gasteiger partial charge in [-0.2, -0.15) is 0 Å². The van der Waals surface area contributed by atoms with E-state index in [1.807, 2.05) is 13.8 Å². The fraction of sp³-hybridized carbons (Fsp3) is 0.800. The molecule has 0 aromatic carbocycles. The second-order valence-corrected chi connectivity index (χ2v) is 3.68. The molecule has 2 heterocycles. The van der Waals surface area contributed by atoms with E-state index in [0.29, 0.717) is 12.8 Å². The van der Waals surface area contributed by atoms with Gasteiger partial charge in [0, 0.05) is 12.8 Å². The fourth-order valence-electron chi connectivity index (χ4n) is 1.33. The van der Waals surface area contributed by atoms with E-state index in [1.54, 1.807) is 0 Å². The molecule has 0 bridgehead atoms. The Morgan fingerprint density at radius 1 is 0.929 bits per heavy atom. The predicted octanol–water partition coefficient (Wildman–Crippen LogP) is 1.42. The maximum absolute atomic E-state index is 10.2. The molecular formula is C10H16O4. The van der Waals surface area contributed by atoms with Crippen LogP contribution in [0.3, 0.4) is 0 Å². The zero-order valence-corrected chi connectivity index (χ0v) is 8.62.